The Morgan fingerprint density at radius 3 is 2.49 bits per heavy atom. The standard InChI is InChI=1S/C35H31BrClN5O4S/c1-21-30(33(43)39-27-15-9-10-16-28(27)44-2)31(42-34(38-21)40-35(41-42)47-20-23-13-7-8-14-26(23)37)24-17-25(36)32(29(18-24)45-3)46-19-22-11-5-4-6-12-22/h4-18,31H,19-20H2,1-3H3,(H,39,43)(H,38,40,41). The maximum atomic E-state index is 14.1. The Bertz CT molecular complexity index is 1950. The molecule has 240 valence electrons. The molecule has 12 heteroatoms. The van der Waals surface area contributed by atoms with Crippen LogP contribution in [0.1, 0.15) is 29.7 Å². The predicted molar refractivity (Wildman–Crippen MR) is 189 cm³/mol. The fourth-order valence-electron chi connectivity index (χ4n) is 5.26. The van der Waals surface area contributed by atoms with E-state index in [9.17, 15) is 4.79 Å². The molecule has 1 aromatic heterocycles. The van der Waals surface area contributed by atoms with Crippen LogP contribution in [-0.4, -0.2) is 34.9 Å². The first-order valence-corrected chi connectivity index (χ1v) is 16.8. The molecular formula is C35H31BrClN5O4S. The maximum Gasteiger partial charge on any atom is 0.255 e. The van der Waals surface area contributed by atoms with Crippen LogP contribution in [0.25, 0.3) is 0 Å². The number of rotatable bonds is 11. The highest BCUT2D eigenvalue weighted by Crippen LogP contribution is 2.44. The maximum absolute atomic E-state index is 14.1. The Kier molecular flexibility index (Phi) is 10.1. The van der Waals surface area contributed by atoms with Gasteiger partial charge in [0.2, 0.25) is 11.1 Å². The van der Waals surface area contributed by atoms with Crippen molar-refractivity contribution in [2.75, 3.05) is 24.9 Å². The highest BCUT2D eigenvalue weighted by molar-refractivity contribution is 9.10. The van der Waals surface area contributed by atoms with Gasteiger partial charge < -0.3 is 24.8 Å². The SMILES string of the molecule is COc1ccccc1NC(=O)C1=C(C)Nc2nc(SCc3ccccc3Cl)nn2C1c1cc(Br)c(OCc2ccccc2)c(OC)c1. The number of nitrogens with one attached hydrogen (secondary N) is 2. The molecule has 0 fully saturated rings. The van der Waals surface area contributed by atoms with Gasteiger partial charge in [0.15, 0.2) is 11.5 Å². The van der Waals surface area contributed by atoms with E-state index in [1.54, 1.807) is 31.0 Å². The molecule has 4 aromatic carbocycles. The van der Waals surface area contributed by atoms with Crippen LogP contribution >= 0.6 is 39.3 Å². The third-order valence-corrected chi connectivity index (χ3v) is 9.39. The van der Waals surface area contributed by atoms with Crippen LogP contribution in [0.15, 0.2) is 112 Å². The lowest BCUT2D eigenvalue weighted by Crippen LogP contribution is -2.31. The Hall–Kier alpha value is -4.45. The van der Waals surface area contributed by atoms with Crippen molar-refractivity contribution in [2.45, 2.75) is 30.5 Å². The summed E-state index contributed by atoms with van der Waals surface area (Å²) in [6.07, 6.45) is 0. The molecule has 0 bridgehead atoms. The molecule has 2 N–H and O–H groups in total. The van der Waals surface area contributed by atoms with Crippen molar-refractivity contribution < 1.29 is 19.0 Å². The van der Waals surface area contributed by atoms with Crippen LogP contribution in [0.5, 0.6) is 17.2 Å². The van der Waals surface area contributed by atoms with Crippen LogP contribution < -0.4 is 24.8 Å². The number of carbonyl (C=O) groups is 1. The van der Waals surface area contributed by atoms with Crippen LogP contribution in [0.2, 0.25) is 5.02 Å². The number of anilines is 2. The van der Waals surface area contributed by atoms with E-state index in [-0.39, 0.29) is 5.91 Å². The molecule has 0 aliphatic carbocycles. The van der Waals surface area contributed by atoms with Gasteiger partial charge in [0.1, 0.15) is 18.4 Å². The zero-order valence-corrected chi connectivity index (χ0v) is 28.9. The van der Waals surface area contributed by atoms with E-state index >= 15 is 0 Å². The highest BCUT2D eigenvalue weighted by atomic mass is 79.9. The van der Waals surface area contributed by atoms with E-state index in [0.717, 1.165) is 16.7 Å². The number of benzene rings is 4. The van der Waals surface area contributed by atoms with Crippen molar-refractivity contribution in [3.8, 4) is 17.2 Å². The minimum absolute atomic E-state index is 0.324. The summed E-state index contributed by atoms with van der Waals surface area (Å²) < 4.78 is 19.9. The zero-order valence-electron chi connectivity index (χ0n) is 25.8. The lowest BCUT2D eigenvalue weighted by atomic mass is 9.94. The molecule has 5 aromatic rings. The molecule has 2 heterocycles. The first kappa shape index (κ1) is 32.5. The van der Waals surface area contributed by atoms with E-state index in [1.165, 1.54) is 11.8 Å². The summed E-state index contributed by atoms with van der Waals surface area (Å²) in [7, 11) is 3.15. The summed E-state index contributed by atoms with van der Waals surface area (Å²) in [4.78, 5) is 18.9. The van der Waals surface area contributed by atoms with Crippen molar-refractivity contribution in [3.05, 3.63) is 128 Å². The first-order chi connectivity index (χ1) is 22.9. The Morgan fingerprint density at radius 1 is 1.00 bits per heavy atom. The number of aromatic nitrogens is 3. The number of allylic oxidation sites excluding steroid dienone is 1. The number of nitrogens with zero attached hydrogens (tertiary/aromatic N) is 3. The van der Waals surface area contributed by atoms with Gasteiger partial charge in [0, 0.05) is 16.5 Å². The average Bonchev–Trinajstić information content (AvgIpc) is 3.49. The third-order valence-electron chi connectivity index (χ3n) is 7.54. The summed E-state index contributed by atoms with van der Waals surface area (Å²) >= 11 is 11.6. The van der Waals surface area contributed by atoms with Gasteiger partial charge in [-0.25, -0.2) is 4.68 Å². The van der Waals surface area contributed by atoms with Crippen LogP contribution in [0.3, 0.4) is 0 Å². The normalized spacial score (nSPS) is 13.9. The smallest absolute Gasteiger partial charge is 0.255 e. The molecule has 6 rings (SSSR count). The average molecular weight is 733 g/mol. The summed E-state index contributed by atoms with van der Waals surface area (Å²) in [6, 6.07) is 28.0. The van der Waals surface area contributed by atoms with Crippen molar-refractivity contribution in [1.29, 1.82) is 0 Å². The fraction of sp³-hybridized carbons (Fsp3) is 0.171. The third kappa shape index (κ3) is 7.12. The van der Waals surface area contributed by atoms with Gasteiger partial charge in [-0.3, -0.25) is 4.79 Å². The van der Waals surface area contributed by atoms with E-state index in [1.807, 2.05) is 85.8 Å². The number of carbonyl (C=O) groups excluding carboxylic acids is 1. The van der Waals surface area contributed by atoms with Crippen molar-refractivity contribution in [1.82, 2.24) is 14.8 Å². The molecule has 1 aliphatic rings. The number of hydrogen-bond acceptors (Lipinski definition) is 8. The van der Waals surface area contributed by atoms with Crippen LogP contribution in [-0.2, 0) is 17.2 Å². The molecule has 1 amide bonds. The van der Waals surface area contributed by atoms with Gasteiger partial charge in [-0.15, -0.1) is 5.10 Å². The lowest BCUT2D eigenvalue weighted by Gasteiger charge is -2.29. The molecule has 9 nitrogen and oxygen atoms in total. The zero-order chi connectivity index (χ0) is 32.9. The number of ether oxygens (including phenoxy) is 3. The Morgan fingerprint density at radius 2 is 1.72 bits per heavy atom. The minimum Gasteiger partial charge on any atom is -0.495 e. The lowest BCUT2D eigenvalue weighted by molar-refractivity contribution is -0.113. The number of para-hydroxylation sites is 2. The number of fused-ring (bicyclic) bond motifs is 1. The fourth-order valence-corrected chi connectivity index (χ4v) is 6.95. The van der Waals surface area contributed by atoms with Crippen molar-refractivity contribution in [3.63, 3.8) is 0 Å². The number of halogens is 2. The van der Waals surface area contributed by atoms with E-state index < -0.39 is 6.04 Å². The van der Waals surface area contributed by atoms with Crippen LogP contribution in [0.4, 0.5) is 11.6 Å². The molecule has 0 spiro atoms. The predicted octanol–water partition coefficient (Wildman–Crippen LogP) is 8.51. The second-order valence-corrected chi connectivity index (χ2v) is 12.8. The molecule has 0 saturated carbocycles. The number of amides is 1. The Labute approximate surface area is 290 Å². The second kappa shape index (κ2) is 14.5. The molecule has 1 unspecified atom stereocenters. The number of hydrogen-bond donors (Lipinski definition) is 2. The molecular weight excluding hydrogens is 702 g/mol. The second-order valence-electron chi connectivity index (χ2n) is 10.6. The Balaban J connectivity index is 1.39. The van der Waals surface area contributed by atoms with Gasteiger partial charge in [0.05, 0.1) is 30.0 Å². The molecule has 47 heavy (non-hydrogen) atoms. The van der Waals surface area contributed by atoms with Gasteiger partial charge in [-0.1, -0.05) is 84.0 Å². The van der Waals surface area contributed by atoms with Crippen molar-refractivity contribution >= 4 is 56.8 Å². The molecule has 1 aliphatic heterocycles. The monoisotopic (exact) mass is 731 g/mol. The van der Waals surface area contributed by atoms with Crippen LogP contribution in [0, 0.1) is 0 Å². The molecule has 0 saturated heterocycles. The van der Waals surface area contributed by atoms with Gasteiger partial charge >= 0.3 is 0 Å². The molecule has 1 atom stereocenters. The van der Waals surface area contributed by atoms with E-state index in [4.69, 9.17) is 35.9 Å². The number of methoxy groups -OCH3 is 2. The van der Waals surface area contributed by atoms with Crippen molar-refractivity contribution in [2.24, 2.45) is 0 Å². The van der Waals surface area contributed by atoms with E-state index in [0.29, 0.717) is 67.2 Å². The topological polar surface area (TPSA) is 99.5 Å². The van der Waals surface area contributed by atoms with Gasteiger partial charge in [0.25, 0.3) is 5.91 Å². The minimum atomic E-state index is -0.670. The van der Waals surface area contributed by atoms with E-state index in [2.05, 4.69) is 26.6 Å². The summed E-state index contributed by atoms with van der Waals surface area (Å²) in [6.45, 7) is 2.20. The summed E-state index contributed by atoms with van der Waals surface area (Å²) in [5.74, 6) is 2.35. The molecule has 0 radical (unpaired) electrons. The van der Waals surface area contributed by atoms with Gasteiger partial charge in [-0.2, -0.15) is 4.98 Å². The summed E-state index contributed by atoms with van der Waals surface area (Å²) in [5, 5.41) is 12.4. The summed E-state index contributed by atoms with van der Waals surface area (Å²) in [5.41, 5.74) is 4.35. The number of thioether (sulfide) groups is 1. The quantitative estimate of drug-likeness (QED) is 0.131. The largest absolute Gasteiger partial charge is 0.495 e. The first-order valence-electron chi connectivity index (χ1n) is 14.6. The van der Waals surface area contributed by atoms with Gasteiger partial charge in [-0.05, 0) is 69.9 Å². The highest BCUT2D eigenvalue weighted by Gasteiger charge is 2.36.